The van der Waals surface area contributed by atoms with Crippen LogP contribution in [0.5, 0.6) is 0 Å². The van der Waals surface area contributed by atoms with Gasteiger partial charge in [-0.05, 0) is 50.6 Å². The standard InChI is InChI=1S/C16H28N2O/c1-6-17-12-15-7-8-16(11-14(15)4)18(13(2)3)9-10-19-5/h7-8,11,13,17H,6,9-10,12H2,1-5H3. The van der Waals surface area contributed by atoms with Gasteiger partial charge in [-0.25, -0.2) is 0 Å². The average molecular weight is 264 g/mol. The van der Waals surface area contributed by atoms with Crippen molar-refractivity contribution < 1.29 is 4.74 Å². The molecule has 0 aliphatic carbocycles. The predicted molar refractivity (Wildman–Crippen MR) is 82.9 cm³/mol. The number of hydrogen-bond donors (Lipinski definition) is 1. The number of methoxy groups -OCH3 is 1. The minimum Gasteiger partial charge on any atom is -0.383 e. The zero-order chi connectivity index (χ0) is 14.3. The third kappa shape index (κ3) is 4.84. The summed E-state index contributed by atoms with van der Waals surface area (Å²) in [6.07, 6.45) is 0. The van der Waals surface area contributed by atoms with Crippen molar-refractivity contribution in [2.75, 3.05) is 31.7 Å². The van der Waals surface area contributed by atoms with Crippen LogP contribution in [0.2, 0.25) is 0 Å². The van der Waals surface area contributed by atoms with Crippen LogP contribution in [0.3, 0.4) is 0 Å². The van der Waals surface area contributed by atoms with E-state index in [1.165, 1.54) is 16.8 Å². The van der Waals surface area contributed by atoms with Gasteiger partial charge in [0, 0.05) is 31.9 Å². The molecule has 0 aromatic heterocycles. The molecule has 0 aliphatic heterocycles. The molecule has 0 atom stereocenters. The first-order valence-corrected chi connectivity index (χ1v) is 7.16. The molecule has 0 aliphatic rings. The molecule has 3 nitrogen and oxygen atoms in total. The van der Waals surface area contributed by atoms with E-state index in [0.717, 1.165) is 26.2 Å². The molecule has 0 spiro atoms. The predicted octanol–water partition coefficient (Wildman–Crippen LogP) is 2.97. The highest BCUT2D eigenvalue weighted by molar-refractivity contribution is 5.51. The van der Waals surface area contributed by atoms with Crippen molar-refractivity contribution in [2.45, 2.75) is 40.3 Å². The Labute approximate surface area is 118 Å². The van der Waals surface area contributed by atoms with Crippen LogP contribution in [0.15, 0.2) is 18.2 Å². The summed E-state index contributed by atoms with van der Waals surface area (Å²) in [6, 6.07) is 7.21. The summed E-state index contributed by atoms with van der Waals surface area (Å²) < 4.78 is 5.20. The second kappa shape index (κ2) is 8.18. The molecular formula is C16H28N2O. The Hall–Kier alpha value is -1.06. The summed E-state index contributed by atoms with van der Waals surface area (Å²) in [5.41, 5.74) is 4.01. The van der Waals surface area contributed by atoms with Crippen molar-refractivity contribution >= 4 is 5.69 Å². The van der Waals surface area contributed by atoms with E-state index in [-0.39, 0.29) is 0 Å². The third-order valence-electron chi connectivity index (χ3n) is 3.38. The lowest BCUT2D eigenvalue weighted by atomic mass is 10.1. The van der Waals surface area contributed by atoms with Gasteiger partial charge in [0.15, 0.2) is 0 Å². The molecule has 0 amide bonds. The minimum absolute atomic E-state index is 0.481. The number of benzene rings is 1. The smallest absolute Gasteiger partial charge is 0.0637 e. The summed E-state index contributed by atoms with van der Waals surface area (Å²) >= 11 is 0. The molecule has 0 fully saturated rings. The monoisotopic (exact) mass is 264 g/mol. The Kier molecular flexibility index (Phi) is 6.89. The van der Waals surface area contributed by atoms with E-state index in [0.29, 0.717) is 6.04 Å². The number of ether oxygens (including phenoxy) is 1. The van der Waals surface area contributed by atoms with Crippen molar-refractivity contribution in [3.8, 4) is 0 Å². The third-order valence-corrected chi connectivity index (χ3v) is 3.38. The largest absolute Gasteiger partial charge is 0.383 e. The van der Waals surface area contributed by atoms with Crippen molar-refractivity contribution in [3.05, 3.63) is 29.3 Å². The van der Waals surface area contributed by atoms with Gasteiger partial charge < -0.3 is 15.0 Å². The van der Waals surface area contributed by atoms with Gasteiger partial charge in [0.05, 0.1) is 6.61 Å². The van der Waals surface area contributed by atoms with Gasteiger partial charge >= 0.3 is 0 Å². The molecule has 1 aromatic rings. The van der Waals surface area contributed by atoms with Gasteiger partial charge in [-0.2, -0.15) is 0 Å². The Balaban J connectivity index is 2.83. The fourth-order valence-electron chi connectivity index (χ4n) is 2.19. The van der Waals surface area contributed by atoms with Gasteiger partial charge in [-0.3, -0.25) is 0 Å². The lowest BCUT2D eigenvalue weighted by Crippen LogP contribution is -2.33. The van der Waals surface area contributed by atoms with E-state index in [4.69, 9.17) is 4.74 Å². The fraction of sp³-hybridized carbons (Fsp3) is 0.625. The summed E-state index contributed by atoms with van der Waals surface area (Å²) in [5.74, 6) is 0. The quantitative estimate of drug-likeness (QED) is 0.781. The number of nitrogens with one attached hydrogen (secondary N) is 1. The summed E-state index contributed by atoms with van der Waals surface area (Å²) in [4.78, 5) is 2.38. The van der Waals surface area contributed by atoms with Gasteiger partial charge in [0.1, 0.15) is 0 Å². The normalized spacial score (nSPS) is 11.1. The molecule has 0 unspecified atom stereocenters. The second-order valence-corrected chi connectivity index (χ2v) is 5.17. The zero-order valence-electron chi connectivity index (χ0n) is 13.0. The zero-order valence-corrected chi connectivity index (χ0v) is 13.0. The number of hydrogen-bond acceptors (Lipinski definition) is 3. The van der Waals surface area contributed by atoms with Crippen LogP contribution in [0, 0.1) is 6.92 Å². The number of aryl methyl sites for hydroxylation is 1. The van der Waals surface area contributed by atoms with Crippen molar-refractivity contribution in [2.24, 2.45) is 0 Å². The molecule has 1 rings (SSSR count). The Morgan fingerprint density at radius 2 is 2.05 bits per heavy atom. The molecule has 1 N–H and O–H groups in total. The molecule has 1 aromatic carbocycles. The highest BCUT2D eigenvalue weighted by atomic mass is 16.5. The van der Waals surface area contributed by atoms with Crippen molar-refractivity contribution in [3.63, 3.8) is 0 Å². The van der Waals surface area contributed by atoms with Crippen LogP contribution in [-0.2, 0) is 11.3 Å². The van der Waals surface area contributed by atoms with Crippen LogP contribution in [0.25, 0.3) is 0 Å². The summed E-state index contributed by atoms with van der Waals surface area (Å²) in [5, 5.41) is 3.38. The van der Waals surface area contributed by atoms with E-state index in [9.17, 15) is 0 Å². The molecule has 3 heteroatoms. The SMILES string of the molecule is CCNCc1ccc(N(CCOC)C(C)C)cc1C. The molecular weight excluding hydrogens is 236 g/mol. The summed E-state index contributed by atoms with van der Waals surface area (Å²) in [7, 11) is 1.75. The van der Waals surface area contributed by atoms with E-state index < -0.39 is 0 Å². The average Bonchev–Trinajstić information content (AvgIpc) is 2.38. The highest BCUT2D eigenvalue weighted by Gasteiger charge is 2.11. The highest BCUT2D eigenvalue weighted by Crippen LogP contribution is 2.21. The van der Waals surface area contributed by atoms with Crippen LogP contribution in [0.1, 0.15) is 31.9 Å². The fourth-order valence-corrected chi connectivity index (χ4v) is 2.19. The van der Waals surface area contributed by atoms with Gasteiger partial charge in [0.25, 0.3) is 0 Å². The van der Waals surface area contributed by atoms with Gasteiger partial charge in [-0.1, -0.05) is 13.0 Å². The lowest BCUT2D eigenvalue weighted by Gasteiger charge is -2.29. The number of nitrogens with zero attached hydrogens (tertiary/aromatic N) is 1. The second-order valence-electron chi connectivity index (χ2n) is 5.17. The Bertz CT molecular complexity index is 377. The van der Waals surface area contributed by atoms with Crippen LogP contribution >= 0.6 is 0 Å². The van der Waals surface area contributed by atoms with E-state index in [1.807, 2.05) is 0 Å². The number of rotatable bonds is 8. The van der Waals surface area contributed by atoms with Crippen molar-refractivity contribution in [1.82, 2.24) is 5.32 Å². The van der Waals surface area contributed by atoms with Gasteiger partial charge in [0.2, 0.25) is 0 Å². The van der Waals surface area contributed by atoms with E-state index in [2.05, 4.69) is 56.1 Å². The van der Waals surface area contributed by atoms with Crippen LogP contribution < -0.4 is 10.2 Å². The Morgan fingerprint density at radius 3 is 2.58 bits per heavy atom. The first kappa shape index (κ1) is 16.0. The molecule has 0 saturated heterocycles. The van der Waals surface area contributed by atoms with E-state index >= 15 is 0 Å². The lowest BCUT2D eigenvalue weighted by molar-refractivity contribution is 0.204. The number of anilines is 1. The van der Waals surface area contributed by atoms with Crippen LogP contribution in [0.4, 0.5) is 5.69 Å². The topological polar surface area (TPSA) is 24.5 Å². The maximum atomic E-state index is 5.20. The first-order chi connectivity index (χ1) is 9.10. The summed E-state index contributed by atoms with van der Waals surface area (Å²) in [6.45, 7) is 12.4. The first-order valence-electron chi connectivity index (χ1n) is 7.16. The maximum absolute atomic E-state index is 5.20. The molecule has 0 saturated carbocycles. The molecule has 0 bridgehead atoms. The van der Waals surface area contributed by atoms with E-state index in [1.54, 1.807) is 7.11 Å². The molecule has 19 heavy (non-hydrogen) atoms. The maximum Gasteiger partial charge on any atom is 0.0637 e. The Morgan fingerprint density at radius 1 is 1.32 bits per heavy atom. The van der Waals surface area contributed by atoms with Gasteiger partial charge in [-0.15, -0.1) is 0 Å². The molecule has 108 valence electrons. The molecule has 0 heterocycles. The molecule has 0 radical (unpaired) electrons. The van der Waals surface area contributed by atoms with Crippen LogP contribution in [-0.4, -0.2) is 32.8 Å². The minimum atomic E-state index is 0.481. The van der Waals surface area contributed by atoms with Crippen molar-refractivity contribution in [1.29, 1.82) is 0 Å².